The molecule has 1 aliphatic heterocycles. The van der Waals surface area contributed by atoms with Crippen molar-refractivity contribution in [2.45, 2.75) is 0 Å². The van der Waals surface area contributed by atoms with E-state index in [2.05, 4.69) is 25.4 Å². The molecular weight excluding hydrogens is 479 g/mol. The van der Waals surface area contributed by atoms with Crippen LogP contribution in [0.4, 0.5) is 27.3 Å². The number of aromatic nitrogens is 5. The molecule has 4 heterocycles. The summed E-state index contributed by atoms with van der Waals surface area (Å²) in [6.07, 6.45) is 4.09. The van der Waals surface area contributed by atoms with Crippen molar-refractivity contribution in [1.82, 2.24) is 24.7 Å². The molecule has 1 fully saturated rings. The van der Waals surface area contributed by atoms with Gasteiger partial charge in [-0.25, -0.2) is 14.1 Å². The Hall–Kier alpha value is -4.58. The van der Waals surface area contributed by atoms with Crippen molar-refractivity contribution in [3.63, 3.8) is 0 Å². The SMILES string of the molecule is CN(C)c1cc(O)cc(Nc2ccc(-c3nn(-c4ncc(F)c(N5CCOCC5)n4)ccc3=O)nc2)c1. The standard InChI is InChI=1S/C25H25FN8O3/c1-32(2)18-11-17(12-19(35)13-18)29-16-3-4-21(27-14-16)23-22(36)5-6-34(31-23)25-28-15-20(26)24(30-25)33-7-9-37-10-8-33/h3-6,11-15,29,35H,7-10H2,1-2H3. The molecule has 0 unspecified atom stereocenters. The molecule has 12 heteroatoms. The molecule has 0 bridgehead atoms. The predicted molar refractivity (Wildman–Crippen MR) is 137 cm³/mol. The summed E-state index contributed by atoms with van der Waals surface area (Å²) in [5.41, 5.74) is 2.30. The number of morpholine rings is 1. The number of anilines is 4. The van der Waals surface area contributed by atoms with Crippen LogP contribution in [0.3, 0.4) is 0 Å². The number of phenolic OH excluding ortho intramolecular Hbond substituents is 1. The van der Waals surface area contributed by atoms with Crippen molar-refractivity contribution in [1.29, 1.82) is 0 Å². The Bertz CT molecular complexity index is 1470. The van der Waals surface area contributed by atoms with Crippen LogP contribution >= 0.6 is 0 Å². The van der Waals surface area contributed by atoms with Crippen molar-refractivity contribution in [3.05, 3.63) is 71.0 Å². The Labute approximate surface area is 211 Å². The van der Waals surface area contributed by atoms with E-state index < -0.39 is 5.82 Å². The molecule has 37 heavy (non-hydrogen) atoms. The van der Waals surface area contributed by atoms with E-state index in [-0.39, 0.29) is 28.6 Å². The fourth-order valence-electron chi connectivity index (χ4n) is 3.85. The summed E-state index contributed by atoms with van der Waals surface area (Å²) in [6, 6.07) is 9.91. The Morgan fingerprint density at radius 3 is 2.59 bits per heavy atom. The Morgan fingerprint density at radius 1 is 1.05 bits per heavy atom. The summed E-state index contributed by atoms with van der Waals surface area (Å²) in [6.45, 7) is 2.00. The molecule has 4 aromatic rings. The zero-order valence-corrected chi connectivity index (χ0v) is 20.3. The fraction of sp³-hybridized carbons (Fsp3) is 0.240. The molecule has 0 radical (unpaired) electrons. The molecular formula is C25H25FN8O3. The van der Waals surface area contributed by atoms with E-state index in [0.717, 1.165) is 11.9 Å². The summed E-state index contributed by atoms with van der Waals surface area (Å²) in [7, 11) is 3.77. The number of pyridine rings is 1. The minimum atomic E-state index is -0.541. The fourth-order valence-corrected chi connectivity index (χ4v) is 3.85. The van der Waals surface area contributed by atoms with Crippen molar-refractivity contribution in [2.24, 2.45) is 0 Å². The van der Waals surface area contributed by atoms with Gasteiger partial charge in [-0.2, -0.15) is 10.1 Å². The molecule has 0 spiro atoms. The van der Waals surface area contributed by atoms with E-state index in [1.54, 1.807) is 35.4 Å². The number of hydrogen-bond acceptors (Lipinski definition) is 10. The van der Waals surface area contributed by atoms with E-state index in [4.69, 9.17) is 4.74 Å². The van der Waals surface area contributed by atoms with Gasteiger partial charge >= 0.3 is 0 Å². The first-order valence-corrected chi connectivity index (χ1v) is 11.6. The van der Waals surface area contributed by atoms with Crippen LogP contribution < -0.4 is 20.5 Å². The second kappa shape index (κ2) is 10.2. The van der Waals surface area contributed by atoms with Gasteiger partial charge in [0, 0.05) is 63.0 Å². The highest BCUT2D eigenvalue weighted by Crippen LogP contribution is 2.27. The minimum Gasteiger partial charge on any atom is -0.508 e. The highest BCUT2D eigenvalue weighted by Gasteiger charge is 2.19. The summed E-state index contributed by atoms with van der Waals surface area (Å²) in [4.78, 5) is 29.1. The van der Waals surface area contributed by atoms with Crippen LogP contribution in [0.25, 0.3) is 17.3 Å². The van der Waals surface area contributed by atoms with E-state index in [1.165, 1.54) is 16.9 Å². The molecule has 0 atom stereocenters. The Morgan fingerprint density at radius 2 is 1.86 bits per heavy atom. The lowest BCUT2D eigenvalue weighted by atomic mass is 10.2. The van der Waals surface area contributed by atoms with Crippen LogP contribution in [0.5, 0.6) is 5.75 Å². The monoisotopic (exact) mass is 504 g/mol. The molecule has 2 N–H and O–H groups in total. The van der Waals surface area contributed by atoms with Crippen molar-refractivity contribution < 1.29 is 14.2 Å². The van der Waals surface area contributed by atoms with Crippen molar-refractivity contribution in [3.8, 4) is 23.1 Å². The predicted octanol–water partition coefficient (Wildman–Crippen LogP) is 2.58. The normalized spacial score (nSPS) is 13.4. The lowest BCUT2D eigenvalue weighted by Crippen LogP contribution is -2.37. The highest BCUT2D eigenvalue weighted by atomic mass is 19.1. The van der Waals surface area contributed by atoms with E-state index in [9.17, 15) is 14.3 Å². The van der Waals surface area contributed by atoms with Crippen LogP contribution in [0, 0.1) is 5.82 Å². The number of hydrogen-bond donors (Lipinski definition) is 2. The maximum atomic E-state index is 14.4. The maximum absolute atomic E-state index is 14.4. The van der Waals surface area contributed by atoms with E-state index in [1.807, 2.05) is 25.1 Å². The molecule has 11 nitrogen and oxygen atoms in total. The van der Waals surface area contributed by atoms with Gasteiger partial charge in [0.25, 0.3) is 5.95 Å². The Balaban J connectivity index is 1.41. The van der Waals surface area contributed by atoms with Gasteiger partial charge in [-0.05, 0) is 18.2 Å². The van der Waals surface area contributed by atoms with Gasteiger partial charge in [0.2, 0.25) is 5.43 Å². The van der Waals surface area contributed by atoms with Gasteiger partial charge in [-0.1, -0.05) is 0 Å². The van der Waals surface area contributed by atoms with Gasteiger partial charge in [-0.15, -0.1) is 0 Å². The molecule has 0 aliphatic carbocycles. The molecule has 1 aromatic carbocycles. The van der Waals surface area contributed by atoms with E-state index in [0.29, 0.717) is 43.4 Å². The van der Waals surface area contributed by atoms with Gasteiger partial charge in [0.05, 0.1) is 37.0 Å². The third-order valence-corrected chi connectivity index (χ3v) is 5.75. The van der Waals surface area contributed by atoms with Crippen LogP contribution in [0.2, 0.25) is 0 Å². The average Bonchev–Trinajstić information content (AvgIpc) is 2.90. The van der Waals surface area contributed by atoms with Crippen LogP contribution in [0.15, 0.2) is 59.8 Å². The van der Waals surface area contributed by atoms with Crippen molar-refractivity contribution in [2.75, 3.05) is 55.5 Å². The molecule has 1 aliphatic rings. The second-order valence-electron chi connectivity index (χ2n) is 8.60. The number of ether oxygens (including phenoxy) is 1. The molecule has 0 amide bonds. The molecule has 5 rings (SSSR count). The smallest absolute Gasteiger partial charge is 0.252 e. The molecule has 1 saturated heterocycles. The van der Waals surface area contributed by atoms with Crippen LogP contribution in [-0.4, -0.2) is 70.2 Å². The van der Waals surface area contributed by atoms with Gasteiger partial charge in [0.1, 0.15) is 5.75 Å². The molecule has 190 valence electrons. The Kier molecular flexibility index (Phi) is 6.64. The third-order valence-electron chi connectivity index (χ3n) is 5.75. The van der Waals surface area contributed by atoms with E-state index >= 15 is 0 Å². The van der Waals surface area contributed by atoms with Gasteiger partial charge in [0.15, 0.2) is 17.3 Å². The maximum Gasteiger partial charge on any atom is 0.252 e. The highest BCUT2D eigenvalue weighted by molar-refractivity contribution is 5.68. The lowest BCUT2D eigenvalue weighted by Gasteiger charge is -2.28. The number of halogens is 1. The second-order valence-corrected chi connectivity index (χ2v) is 8.60. The average molecular weight is 505 g/mol. The zero-order valence-electron chi connectivity index (χ0n) is 20.3. The first kappa shape index (κ1) is 24.1. The first-order chi connectivity index (χ1) is 17.9. The largest absolute Gasteiger partial charge is 0.508 e. The van der Waals surface area contributed by atoms with Crippen LogP contribution in [0.1, 0.15) is 0 Å². The third kappa shape index (κ3) is 5.33. The first-order valence-electron chi connectivity index (χ1n) is 11.6. The molecule has 0 saturated carbocycles. The number of aromatic hydroxyl groups is 1. The van der Waals surface area contributed by atoms with Crippen LogP contribution in [-0.2, 0) is 4.74 Å². The minimum absolute atomic E-state index is 0.0992. The number of benzene rings is 1. The number of rotatable bonds is 6. The van der Waals surface area contributed by atoms with Gasteiger partial charge in [-0.3, -0.25) is 9.78 Å². The summed E-state index contributed by atoms with van der Waals surface area (Å²) in [5.74, 6) is -0.121. The summed E-state index contributed by atoms with van der Waals surface area (Å²) >= 11 is 0. The zero-order chi connectivity index (χ0) is 25.9. The summed E-state index contributed by atoms with van der Waals surface area (Å²) < 4.78 is 21.1. The van der Waals surface area contributed by atoms with Crippen molar-refractivity contribution >= 4 is 22.9 Å². The quantitative estimate of drug-likeness (QED) is 0.405. The number of phenols is 1. The summed E-state index contributed by atoms with van der Waals surface area (Å²) in [5, 5.41) is 17.6. The topological polar surface area (TPSA) is 122 Å². The number of nitrogens with zero attached hydrogens (tertiary/aromatic N) is 7. The molecule has 3 aromatic heterocycles. The van der Waals surface area contributed by atoms with Gasteiger partial charge < -0.3 is 25.0 Å². The number of nitrogens with one attached hydrogen (secondary N) is 1. The lowest BCUT2D eigenvalue weighted by molar-refractivity contribution is 0.122.